The summed E-state index contributed by atoms with van der Waals surface area (Å²) in [5, 5.41) is 58.7. The summed E-state index contributed by atoms with van der Waals surface area (Å²) in [4.78, 5) is 0. The molecule has 0 atom stereocenters. The molecule has 5 rings (SSSR count). The Labute approximate surface area is 255 Å². The number of nitriles is 6. The fourth-order valence-corrected chi connectivity index (χ4v) is 5.66. The highest BCUT2D eigenvalue weighted by molar-refractivity contribution is 5.91. The van der Waals surface area contributed by atoms with E-state index >= 15 is 0 Å². The molecule has 0 heterocycles. The zero-order valence-electron chi connectivity index (χ0n) is 23.0. The molecule has 3 aliphatic carbocycles. The lowest BCUT2D eigenvalue weighted by Gasteiger charge is -2.17. The van der Waals surface area contributed by atoms with Crippen LogP contribution in [-0.4, -0.2) is 12.4 Å². The highest BCUT2D eigenvalue weighted by Crippen LogP contribution is 2.39. The van der Waals surface area contributed by atoms with Crippen LogP contribution in [0.15, 0.2) is 76.4 Å². The zero-order chi connectivity index (χ0) is 33.6. The van der Waals surface area contributed by atoms with Crippen LogP contribution in [0.3, 0.4) is 0 Å². The van der Waals surface area contributed by atoms with Gasteiger partial charge in [-0.25, -0.2) is 0 Å². The molecule has 2 aromatic carbocycles. The Balaban J connectivity index is 1.91. The summed E-state index contributed by atoms with van der Waals surface area (Å²) in [6.45, 7) is 0. The Kier molecular flexibility index (Phi) is 7.48. The number of fused-ring (bicyclic) bond motifs is 2. The minimum atomic E-state index is -4.88. The normalized spacial score (nSPS) is 17.6. The van der Waals surface area contributed by atoms with Gasteiger partial charge in [0.25, 0.3) is 0 Å². The van der Waals surface area contributed by atoms with E-state index in [2.05, 4.69) is 0 Å². The molecule has 0 saturated heterocycles. The van der Waals surface area contributed by atoms with E-state index in [4.69, 9.17) is 0 Å². The van der Waals surface area contributed by atoms with E-state index in [1.165, 1.54) is 42.5 Å². The average molecular weight is 619 g/mol. The Hall–Kier alpha value is -6.60. The minimum Gasteiger partial charge on any atom is -0.192 e. The van der Waals surface area contributed by atoms with E-state index in [0.29, 0.717) is 0 Å². The number of hydrogen-bond acceptors (Lipinski definition) is 6. The van der Waals surface area contributed by atoms with E-state index in [9.17, 15) is 57.9 Å². The van der Waals surface area contributed by atoms with E-state index in [-0.39, 0.29) is 66.3 Å². The Morgan fingerprint density at radius 2 is 1.20 bits per heavy atom. The molecule has 0 unspecified atom stereocenters. The first-order valence-electron chi connectivity index (χ1n) is 13.0. The third kappa shape index (κ3) is 5.02. The maximum atomic E-state index is 13.8. The highest BCUT2D eigenvalue weighted by atomic mass is 19.4. The predicted octanol–water partition coefficient (Wildman–Crippen LogP) is 5.87. The van der Waals surface area contributed by atoms with Crippen LogP contribution in [0.2, 0.25) is 0 Å². The maximum absolute atomic E-state index is 13.8. The third-order valence-electron chi connectivity index (χ3n) is 7.72. The smallest absolute Gasteiger partial charge is 0.192 e. The van der Waals surface area contributed by atoms with Gasteiger partial charge in [-0.1, -0.05) is 12.2 Å². The second-order valence-electron chi connectivity index (χ2n) is 10.1. The van der Waals surface area contributed by atoms with Crippen LogP contribution in [0, 0.1) is 78.4 Å². The first-order valence-corrected chi connectivity index (χ1v) is 13.0. The van der Waals surface area contributed by atoms with E-state index < -0.39 is 46.6 Å². The van der Waals surface area contributed by atoms with E-state index in [1.807, 2.05) is 12.1 Å². The van der Waals surface area contributed by atoms with Gasteiger partial charge in [-0.05, 0) is 86.0 Å². The predicted molar refractivity (Wildman–Crippen MR) is 148 cm³/mol. The van der Waals surface area contributed by atoms with Crippen LogP contribution in [0.1, 0.15) is 35.1 Å². The van der Waals surface area contributed by atoms with Crippen molar-refractivity contribution < 1.29 is 26.3 Å². The average Bonchev–Trinajstić information content (AvgIpc) is 3.34. The molecule has 0 fully saturated rings. The fraction of sp³-hybridized carbons (Fsp3) is 0.118. The molecule has 3 aliphatic rings. The van der Waals surface area contributed by atoms with Gasteiger partial charge in [-0.15, -0.1) is 0 Å². The van der Waals surface area contributed by atoms with Crippen molar-refractivity contribution in [1.82, 2.24) is 0 Å². The second-order valence-corrected chi connectivity index (χ2v) is 10.1. The fourth-order valence-electron chi connectivity index (χ4n) is 5.66. The molecule has 12 heteroatoms. The summed E-state index contributed by atoms with van der Waals surface area (Å²) in [6, 6.07) is 15.9. The molecule has 220 valence electrons. The van der Waals surface area contributed by atoms with Gasteiger partial charge in [0.15, 0.2) is 0 Å². The largest absolute Gasteiger partial charge is 0.417 e. The molecule has 2 aromatic rings. The minimum absolute atomic E-state index is 0.0147. The molecule has 0 aromatic heterocycles. The first kappa shape index (κ1) is 30.8. The molecule has 46 heavy (non-hydrogen) atoms. The van der Waals surface area contributed by atoms with Gasteiger partial charge >= 0.3 is 12.4 Å². The monoisotopic (exact) mass is 618 g/mol. The van der Waals surface area contributed by atoms with Gasteiger partial charge in [0.1, 0.15) is 17.7 Å². The van der Waals surface area contributed by atoms with Crippen molar-refractivity contribution in [2.24, 2.45) is 0 Å². The number of nitrogens with zero attached hydrogens (tertiary/aromatic N) is 6. The lowest BCUT2D eigenvalue weighted by molar-refractivity contribution is -0.0933. The van der Waals surface area contributed by atoms with Crippen molar-refractivity contribution in [2.75, 3.05) is 0 Å². The maximum Gasteiger partial charge on any atom is 0.417 e. The van der Waals surface area contributed by atoms with Crippen molar-refractivity contribution >= 4 is 16.7 Å². The third-order valence-corrected chi connectivity index (χ3v) is 7.72. The molecule has 0 spiro atoms. The van der Waals surface area contributed by atoms with Crippen LogP contribution in [0.5, 0.6) is 0 Å². The molecule has 0 saturated carbocycles. The lowest BCUT2D eigenvalue weighted by atomic mass is 9.89. The topological polar surface area (TPSA) is 143 Å². The van der Waals surface area contributed by atoms with Crippen LogP contribution >= 0.6 is 0 Å². The number of halogens is 6. The van der Waals surface area contributed by atoms with Crippen molar-refractivity contribution in [3.8, 4) is 36.4 Å². The Morgan fingerprint density at radius 3 is 1.65 bits per heavy atom. The number of rotatable bonds is 0. The molecular formula is C34H12F6N6. The molecule has 0 aliphatic heterocycles. The van der Waals surface area contributed by atoms with E-state index in [0.717, 1.165) is 18.2 Å². The molecule has 0 radical (unpaired) electrons. The number of alkyl halides is 6. The molecular weight excluding hydrogens is 606 g/mol. The van der Waals surface area contributed by atoms with E-state index in [1.54, 1.807) is 12.1 Å². The van der Waals surface area contributed by atoms with Crippen LogP contribution in [-0.2, 0) is 0 Å². The van der Waals surface area contributed by atoms with Crippen LogP contribution in [0.25, 0.3) is 16.7 Å². The summed E-state index contributed by atoms with van der Waals surface area (Å²) >= 11 is 0. The molecule has 6 nitrogen and oxygen atoms in total. The number of allylic oxidation sites excluding steroid dienone is 9. The van der Waals surface area contributed by atoms with Crippen LogP contribution < -0.4 is 10.4 Å². The quantitative estimate of drug-likeness (QED) is 0.228. The second kappa shape index (κ2) is 11.2. The molecule has 0 bridgehead atoms. The summed E-state index contributed by atoms with van der Waals surface area (Å²) in [7, 11) is 0. The van der Waals surface area contributed by atoms with Crippen LogP contribution in [0.4, 0.5) is 26.3 Å². The van der Waals surface area contributed by atoms with Gasteiger partial charge in [-0.2, -0.15) is 57.9 Å². The van der Waals surface area contributed by atoms with Gasteiger partial charge in [0, 0.05) is 12.0 Å². The Bertz CT molecular complexity index is 2430. The summed E-state index contributed by atoms with van der Waals surface area (Å²) in [5.41, 5.74) is -3.61. The number of hydrogen-bond donors (Lipinski definition) is 0. The van der Waals surface area contributed by atoms with Crippen molar-refractivity contribution in [3.63, 3.8) is 0 Å². The van der Waals surface area contributed by atoms with Gasteiger partial charge in [0.05, 0.1) is 57.7 Å². The summed E-state index contributed by atoms with van der Waals surface area (Å²) < 4.78 is 82.7. The first-order chi connectivity index (χ1) is 21.8. The SMILES string of the molecule is N#CC1=CCC(=c2cc3c(cc2C#N)=c2cc(C#N)c(=C4C=CC(C#N)=C(C(F)(F)F)C4)cc2C3=C(C#N)C#N)C=C1C(F)(F)F. The number of benzene rings is 2. The van der Waals surface area contributed by atoms with Crippen molar-refractivity contribution in [3.05, 3.63) is 120 Å². The van der Waals surface area contributed by atoms with Gasteiger partial charge in [-0.3, -0.25) is 0 Å². The molecule has 0 N–H and O–H groups in total. The summed E-state index contributed by atoms with van der Waals surface area (Å²) in [5.74, 6) is 0. The van der Waals surface area contributed by atoms with Gasteiger partial charge < -0.3 is 0 Å². The zero-order valence-corrected chi connectivity index (χ0v) is 23.0. The van der Waals surface area contributed by atoms with Crippen molar-refractivity contribution in [1.29, 1.82) is 31.6 Å². The Morgan fingerprint density at radius 1 is 0.630 bits per heavy atom. The summed E-state index contributed by atoms with van der Waals surface area (Å²) in [6.07, 6.45) is -6.49. The lowest BCUT2D eigenvalue weighted by Crippen LogP contribution is -2.20. The van der Waals surface area contributed by atoms with Crippen molar-refractivity contribution in [2.45, 2.75) is 25.2 Å². The standard InChI is InChI=1S/C34H12F6N6/c35-33(36,37)30-7-17(1-3-19(30)11-41)24-9-28-26(5-21(24)13-43)27-6-22(14-44)25(10-29(27)32(28)23(15-45)16-46)18-2-4-20(12-42)31(8-18)34(38,39)40/h1,3-6,8-10H,2,7H2. The van der Waals surface area contributed by atoms with Gasteiger partial charge in [0.2, 0.25) is 0 Å². The highest BCUT2D eigenvalue weighted by Gasteiger charge is 2.38. The molecule has 0 amide bonds.